The minimum Gasteiger partial charge on any atom is -0.355 e. The first-order valence-corrected chi connectivity index (χ1v) is 19.5. The molecule has 3 aliphatic heterocycles. The van der Waals surface area contributed by atoms with Gasteiger partial charge in [0, 0.05) is 86.3 Å². The molecular weight excluding hydrogens is 619 g/mol. The van der Waals surface area contributed by atoms with Crippen LogP contribution in [0.3, 0.4) is 0 Å². The average Bonchev–Trinajstić information content (AvgIpc) is 3.14. The molecule has 0 aliphatic carbocycles. The number of likely N-dealkylation sites (N-methyl/N-ethyl adjacent to an activating group) is 2. The summed E-state index contributed by atoms with van der Waals surface area (Å²) in [5.74, 6) is 4.22. The monoisotopic (exact) mass is 682 g/mol. The summed E-state index contributed by atoms with van der Waals surface area (Å²) in [6.45, 7) is 15.2. The molecule has 3 saturated heterocycles. The summed E-state index contributed by atoms with van der Waals surface area (Å²) < 4.78 is 0. The van der Waals surface area contributed by atoms with Crippen molar-refractivity contribution in [1.82, 2.24) is 25.6 Å². The van der Waals surface area contributed by atoms with Crippen LogP contribution < -0.4 is 31.1 Å². The molecule has 272 valence electrons. The molecule has 0 amide bonds. The second kappa shape index (κ2) is 16.8. The van der Waals surface area contributed by atoms with E-state index in [0.29, 0.717) is 18.0 Å². The molecular formula is C41H63N9. The third-order valence-corrected chi connectivity index (χ3v) is 11.3. The molecule has 3 fully saturated rings. The predicted octanol–water partition coefficient (Wildman–Crippen LogP) is 5.99. The van der Waals surface area contributed by atoms with Crippen LogP contribution in [0.15, 0.2) is 42.5 Å². The lowest BCUT2D eigenvalue weighted by Gasteiger charge is -2.34. The molecule has 5 atom stereocenters. The van der Waals surface area contributed by atoms with Crippen molar-refractivity contribution >= 4 is 17.5 Å². The van der Waals surface area contributed by atoms with Crippen molar-refractivity contribution in [3.8, 4) is 0 Å². The maximum absolute atomic E-state index is 6.32. The van der Waals surface area contributed by atoms with Gasteiger partial charge in [0.2, 0.25) is 0 Å². The highest BCUT2D eigenvalue weighted by molar-refractivity contribution is 5.47. The van der Waals surface area contributed by atoms with Crippen molar-refractivity contribution in [3.05, 3.63) is 70.7 Å². The molecule has 0 radical (unpaired) electrons. The summed E-state index contributed by atoms with van der Waals surface area (Å²) in [7, 11) is 4.17. The molecule has 3 aromatic rings. The van der Waals surface area contributed by atoms with Crippen molar-refractivity contribution in [2.75, 3.05) is 68.1 Å². The van der Waals surface area contributed by atoms with Gasteiger partial charge in [-0.05, 0) is 119 Å². The molecule has 4 N–H and O–H groups in total. The van der Waals surface area contributed by atoms with Gasteiger partial charge in [-0.2, -0.15) is 0 Å². The number of aromatic nitrogens is 3. The topological polar surface area (TPSA) is 98.5 Å². The number of anilines is 3. The van der Waals surface area contributed by atoms with Crippen LogP contribution >= 0.6 is 0 Å². The summed E-state index contributed by atoms with van der Waals surface area (Å²) in [5, 5.41) is 7.03. The van der Waals surface area contributed by atoms with Gasteiger partial charge in [-0.3, -0.25) is 0 Å². The van der Waals surface area contributed by atoms with Crippen LogP contribution in [0.4, 0.5) is 17.5 Å². The summed E-state index contributed by atoms with van der Waals surface area (Å²) in [6.07, 6.45) is 8.90. The lowest BCUT2D eigenvalue weighted by atomic mass is 9.92. The number of nitrogens with two attached hydrogens (primary N) is 1. The largest absolute Gasteiger partial charge is 0.355 e. The van der Waals surface area contributed by atoms with Crippen LogP contribution in [-0.2, 0) is 12.8 Å². The second-order valence-electron chi connectivity index (χ2n) is 15.8. The zero-order valence-corrected chi connectivity index (χ0v) is 31.7. The Balaban J connectivity index is 1.27. The van der Waals surface area contributed by atoms with Crippen molar-refractivity contribution in [1.29, 1.82) is 0 Å². The highest BCUT2D eigenvalue weighted by Crippen LogP contribution is 2.31. The number of nitrogens with one attached hydrogen (secondary N) is 2. The Morgan fingerprint density at radius 1 is 0.640 bits per heavy atom. The van der Waals surface area contributed by atoms with Gasteiger partial charge in [0.25, 0.3) is 0 Å². The van der Waals surface area contributed by atoms with E-state index in [-0.39, 0.29) is 17.9 Å². The maximum Gasteiger partial charge on any atom is 0.129 e. The van der Waals surface area contributed by atoms with Gasteiger partial charge in [0.1, 0.15) is 17.5 Å². The van der Waals surface area contributed by atoms with Gasteiger partial charge in [0.15, 0.2) is 0 Å². The summed E-state index contributed by atoms with van der Waals surface area (Å²) in [4.78, 5) is 23.1. The molecule has 50 heavy (non-hydrogen) atoms. The van der Waals surface area contributed by atoms with Gasteiger partial charge >= 0.3 is 0 Å². The van der Waals surface area contributed by atoms with E-state index in [4.69, 9.17) is 20.7 Å². The van der Waals surface area contributed by atoms with Gasteiger partial charge in [-0.15, -0.1) is 0 Å². The molecule has 6 rings (SSSR count). The van der Waals surface area contributed by atoms with E-state index in [2.05, 4.69) is 110 Å². The average molecular weight is 682 g/mol. The Morgan fingerprint density at radius 3 is 1.70 bits per heavy atom. The van der Waals surface area contributed by atoms with Gasteiger partial charge in [0.05, 0.1) is 0 Å². The Kier molecular flexibility index (Phi) is 12.3. The zero-order valence-electron chi connectivity index (χ0n) is 31.7. The van der Waals surface area contributed by atoms with Crippen LogP contribution in [0.5, 0.6) is 0 Å². The normalized spacial score (nSPS) is 23.0. The first-order chi connectivity index (χ1) is 24.2. The number of nitrogens with zero attached hydrogens (tertiary/aromatic N) is 6. The van der Waals surface area contributed by atoms with E-state index in [1.165, 1.54) is 48.2 Å². The van der Waals surface area contributed by atoms with Crippen LogP contribution in [0, 0.1) is 0 Å². The van der Waals surface area contributed by atoms with E-state index in [1.807, 2.05) is 0 Å². The molecule has 0 aromatic carbocycles. The number of pyridine rings is 3. The molecule has 9 heteroatoms. The van der Waals surface area contributed by atoms with E-state index in [9.17, 15) is 0 Å². The molecule has 3 aromatic heterocycles. The SMILES string of the molecule is CNC1CCCN(c2cc(CC(C)c3cccc(N4CCC[C@H](N)C4)n3)cc(C(C)Cc3cc(C(C)C)nc(N4CCC[C@@H](NC)C4)c3)n2)C1. The van der Waals surface area contributed by atoms with Crippen molar-refractivity contribution < 1.29 is 0 Å². The Bertz CT molecular complexity index is 1540. The lowest BCUT2D eigenvalue weighted by Crippen LogP contribution is -2.44. The maximum atomic E-state index is 6.32. The molecule has 3 unspecified atom stereocenters. The van der Waals surface area contributed by atoms with Crippen molar-refractivity contribution in [3.63, 3.8) is 0 Å². The summed E-state index contributed by atoms with van der Waals surface area (Å²) in [6, 6.07) is 17.2. The van der Waals surface area contributed by atoms with Gasteiger partial charge in [-0.25, -0.2) is 15.0 Å². The first-order valence-electron chi connectivity index (χ1n) is 19.5. The van der Waals surface area contributed by atoms with E-state index >= 15 is 0 Å². The highest BCUT2D eigenvalue weighted by atomic mass is 15.2. The molecule has 0 spiro atoms. The Hall–Kier alpha value is -3.27. The van der Waals surface area contributed by atoms with Gasteiger partial charge < -0.3 is 31.1 Å². The van der Waals surface area contributed by atoms with E-state index in [0.717, 1.165) is 88.1 Å². The first kappa shape index (κ1) is 36.5. The van der Waals surface area contributed by atoms with Crippen molar-refractivity contribution in [2.45, 2.75) is 115 Å². The van der Waals surface area contributed by atoms with Crippen LogP contribution in [0.1, 0.15) is 112 Å². The number of piperidine rings is 3. The molecule has 3 aliphatic rings. The van der Waals surface area contributed by atoms with Gasteiger partial charge in [-0.1, -0.05) is 33.8 Å². The highest BCUT2D eigenvalue weighted by Gasteiger charge is 2.25. The number of hydrogen-bond acceptors (Lipinski definition) is 9. The summed E-state index contributed by atoms with van der Waals surface area (Å²) >= 11 is 0. The fourth-order valence-electron chi connectivity index (χ4n) is 8.16. The Labute approximate surface area is 301 Å². The molecule has 0 saturated carbocycles. The number of hydrogen-bond donors (Lipinski definition) is 3. The van der Waals surface area contributed by atoms with Crippen LogP contribution in [0.25, 0.3) is 0 Å². The molecule has 9 nitrogen and oxygen atoms in total. The zero-order chi connectivity index (χ0) is 35.2. The molecule has 6 heterocycles. The van der Waals surface area contributed by atoms with E-state index < -0.39 is 0 Å². The summed E-state index contributed by atoms with van der Waals surface area (Å²) in [5.41, 5.74) is 12.5. The Morgan fingerprint density at radius 2 is 1.14 bits per heavy atom. The van der Waals surface area contributed by atoms with Crippen LogP contribution in [0.2, 0.25) is 0 Å². The minimum absolute atomic E-state index is 0.228. The second-order valence-corrected chi connectivity index (χ2v) is 15.8. The molecule has 0 bridgehead atoms. The predicted molar refractivity (Wildman–Crippen MR) is 209 cm³/mol. The standard InChI is InChI=1S/C41H63N9/c1-28(2)37-21-31(23-40(46-37)49-17-9-12-34(26-49)43-5)20-30(4)38-22-32(24-41(47-38)50-18-10-13-35(27-50)44-6)19-29(3)36-14-7-15-39(45-36)48-16-8-11-33(42)25-48/h7,14-15,21-24,28-30,33-35,43-44H,8-13,16-20,25-27,42H2,1-6H3/t29?,30?,33-,34+,35?/m0/s1. The third kappa shape index (κ3) is 9.14. The fraction of sp³-hybridized carbons (Fsp3) is 0.634. The minimum atomic E-state index is 0.228. The lowest BCUT2D eigenvalue weighted by molar-refractivity contribution is 0.447. The number of rotatable bonds is 12. The van der Waals surface area contributed by atoms with E-state index in [1.54, 1.807) is 0 Å². The third-order valence-electron chi connectivity index (χ3n) is 11.3. The van der Waals surface area contributed by atoms with Crippen LogP contribution in [-0.4, -0.2) is 86.4 Å². The fourth-order valence-corrected chi connectivity index (χ4v) is 8.16. The quantitative estimate of drug-likeness (QED) is 0.213. The smallest absolute Gasteiger partial charge is 0.129 e. The van der Waals surface area contributed by atoms with Crippen molar-refractivity contribution in [2.24, 2.45) is 5.73 Å².